The monoisotopic (exact) mass is 387 g/mol. The molecule has 0 aliphatic carbocycles. The molecule has 0 bridgehead atoms. The largest absolute Gasteiger partial charge is 0.465 e. The second kappa shape index (κ2) is 7.59. The Morgan fingerprint density at radius 2 is 1.69 bits per heavy atom. The molecule has 2 aromatic carbocycles. The number of hydrogen-bond donors (Lipinski definition) is 0. The number of rotatable bonds is 4. The minimum atomic E-state index is -0.464. The number of esters is 1. The van der Waals surface area contributed by atoms with Crippen LogP contribution in [0.15, 0.2) is 71.3 Å². The van der Waals surface area contributed by atoms with Gasteiger partial charge < -0.3 is 9.15 Å². The van der Waals surface area contributed by atoms with E-state index in [1.807, 2.05) is 0 Å². The molecule has 0 saturated carbocycles. The number of imide groups is 1. The van der Waals surface area contributed by atoms with E-state index in [4.69, 9.17) is 9.15 Å². The Hall–Kier alpha value is -3.93. The molecule has 2 amide bonds. The van der Waals surface area contributed by atoms with Crippen molar-refractivity contribution in [1.29, 1.82) is 0 Å². The van der Waals surface area contributed by atoms with E-state index in [9.17, 15) is 14.4 Å². The van der Waals surface area contributed by atoms with Crippen LogP contribution >= 0.6 is 0 Å². The molecule has 0 fully saturated rings. The lowest BCUT2D eigenvalue weighted by atomic mass is 9.92. The lowest BCUT2D eigenvalue weighted by molar-refractivity contribution is -0.112. The highest BCUT2D eigenvalue weighted by atomic mass is 16.5. The van der Waals surface area contributed by atoms with Gasteiger partial charge in [0, 0.05) is 11.1 Å². The first-order valence-electron chi connectivity index (χ1n) is 9.10. The second-order valence-electron chi connectivity index (χ2n) is 6.33. The van der Waals surface area contributed by atoms with Crippen LogP contribution in [0.3, 0.4) is 0 Å². The Morgan fingerprint density at radius 3 is 2.34 bits per heavy atom. The summed E-state index contributed by atoms with van der Waals surface area (Å²) in [5.41, 5.74) is 2.04. The average molecular weight is 387 g/mol. The Morgan fingerprint density at radius 1 is 0.966 bits per heavy atom. The zero-order valence-corrected chi connectivity index (χ0v) is 15.6. The lowest BCUT2D eigenvalue weighted by Gasteiger charge is -2.28. The summed E-state index contributed by atoms with van der Waals surface area (Å²) in [6.07, 6.45) is 3.14. The first-order chi connectivity index (χ1) is 14.1. The van der Waals surface area contributed by atoms with Gasteiger partial charge in [-0.3, -0.25) is 9.59 Å². The van der Waals surface area contributed by atoms with Crippen LogP contribution in [-0.4, -0.2) is 24.4 Å². The summed E-state index contributed by atoms with van der Waals surface area (Å²) >= 11 is 0. The second-order valence-corrected chi connectivity index (χ2v) is 6.33. The van der Waals surface area contributed by atoms with Crippen LogP contribution < -0.4 is 4.90 Å². The van der Waals surface area contributed by atoms with E-state index in [-0.39, 0.29) is 6.61 Å². The van der Waals surface area contributed by atoms with Crippen molar-refractivity contribution in [2.75, 3.05) is 11.5 Å². The van der Waals surface area contributed by atoms with E-state index in [0.717, 1.165) is 4.90 Å². The van der Waals surface area contributed by atoms with E-state index in [2.05, 4.69) is 0 Å². The molecule has 0 radical (unpaired) electrons. The van der Waals surface area contributed by atoms with Gasteiger partial charge >= 0.3 is 5.97 Å². The van der Waals surface area contributed by atoms with Crippen LogP contribution in [0.5, 0.6) is 0 Å². The normalized spacial score (nSPS) is 14.8. The number of nitrogens with zero attached hydrogens (tertiary/aromatic N) is 1. The van der Waals surface area contributed by atoms with Gasteiger partial charge in [0.15, 0.2) is 0 Å². The number of anilines is 1. The van der Waals surface area contributed by atoms with Crippen molar-refractivity contribution in [3.05, 3.63) is 89.4 Å². The molecule has 2 heterocycles. The highest BCUT2D eigenvalue weighted by molar-refractivity contribution is 6.43. The highest BCUT2D eigenvalue weighted by Gasteiger charge is 2.36. The standard InChI is InChI=1S/C23H17NO5/c1-2-28-23(27)15-9-11-16(12-10-15)24-21(25)19-8-4-3-7-18(19)20(22(24)26)14-17-6-5-13-29-17/h3-14H,2H2,1H3/b20-14+. The van der Waals surface area contributed by atoms with Gasteiger partial charge in [-0.2, -0.15) is 0 Å². The van der Waals surface area contributed by atoms with Crippen LogP contribution in [-0.2, 0) is 9.53 Å². The lowest BCUT2D eigenvalue weighted by Crippen LogP contribution is -2.41. The Kier molecular flexibility index (Phi) is 4.83. The fourth-order valence-corrected chi connectivity index (χ4v) is 3.20. The van der Waals surface area contributed by atoms with Crippen molar-refractivity contribution in [3.63, 3.8) is 0 Å². The van der Waals surface area contributed by atoms with Gasteiger partial charge in [-0.25, -0.2) is 9.69 Å². The summed E-state index contributed by atoms with van der Waals surface area (Å²) in [5, 5.41) is 0. The summed E-state index contributed by atoms with van der Waals surface area (Å²) < 4.78 is 10.3. The van der Waals surface area contributed by atoms with E-state index in [1.54, 1.807) is 61.5 Å². The third kappa shape index (κ3) is 3.36. The zero-order chi connectivity index (χ0) is 20.4. The number of benzene rings is 2. The molecule has 3 aromatic rings. The summed E-state index contributed by atoms with van der Waals surface area (Å²) in [5.74, 6) is -0.839. The van der Waals surface area contributed by atoms with Crippen molar-refractivity contribution in [1.82, 2.24) is 0 Å². The van der Waals surface area contributed by atoms with Crippen molar-refractivity contribution in [2.45, 2.75) is 6.92 Å². The third-order valence-corrected chi connectivity index (χ3v) is 4.55. The first-order valence-corrected chi connectivity index (χ1v) is 9.10. The zero-order valence-electron chi connectivity index (χ0n) is 15.6. The maximum Gasteiger partial charge on any atom is 0.338 e. The SMILES string of the molecule is CCOC(=O)c1ccc(N2C(=O)/C(=C/c3ccco3)c3ccccc3C2=O)cc1. The molecule has 0 saturated heterocycles. The molecular weight excluding hydrogens is 370 g/mol. The molecule has 0 unspecified atom stereocenters. The topological polar surface area (TPSA) is 76.8 Å². The van der Waals surface area contributed by atoms with Crippen LogP contribution in [0.2, 0.25) is 0 Å². The van der Waals surface area contributed by atoms with Crippen LogP contribution in [0.4, 0.5) is 5.69 Å². The molecule has 6 heteroatoms. The summed E-state index contributed by atoms with van der Waals surface area (Å²) in [6.45, 7) is 1.99. The molecule has 0 atom stereocenters. The maximum absolute atomic E-state index is 13.3. The number of carbonyl (C=O) groups excluding carboxylic acids is 3. The quantitative estimate of drug-likeness (QED) is 0.381. The van der Waals surface area contributed by atoms with Crippen molar-refractivity contribution in [2.24, 2.45) is 0 Å². The van der Waals surface area contributed by atoms with E-state index < -0.39 is 17.8 Å². The van der Waals surface area contributed by atoms with Crippen molar-refractivity contribution < 1.29 is 23.5 Å². The number of fused-ring (bicyclic) bond motifs is 1. The van der Waals surface area contributed by atoms with Gasteiger partial charge in [0.1, 0.15) is 5.76 Å². The Labute approximate surface area is 167 Å². The number of carbonyl (C=O) groups is 3. The summed E-state index contributed by atoms with van der Waals surface area (Å²) in [6, 6.07) is 16.6. The van der Waals surface area contributed by atoms with Crippen LogP contribution in [0.25, 0.3) is 11.6 Å². The highest BCUT2D eigenvalue weighted by Crippen LogP contribution is 2.33. The molecule has 1 aliphatic rings. The van der Waals surface area contributed by atoms with Gasteiger partial charge in [0.05, 0.1) is 29.7 Å². The molecule has 1 aromatic heterocycles. The third-order valence-electron chi connectivity index (χ3n) is 4.55. The molecule has 1 aliphatic heterocycles. The molecular formula is C23H17NO5. The van der Waals surface area contributed by atoms with Crippen LogP contribution in [0.1, 0.15) is 39.0 Å². The predicted octanol–water partition coefficient (Wildman–Crippen LogP) is 4.18. The fourth-order valence-electron chi connectivity index (χ4n) is 3.20. The number of furan rings is 1. The molecule has 29 heavy (non-hydrogen) atoms. The van der Waals surface area contributed by atoms with Crippen LogP contribution in [0, 0.1) is 0 Å². The van der Waals surface area contributed by atoms with E-state index >= 15 is 0 Å². The van der Waals surface area contributed by atoms with Gasteiger partial charge in [-0.05, 0) is 55.5 Å². The Balaban J connectivity index is 1.78. The minimum absolute atomic E-state index is 0.265. The van der Waals surface area contributed by atoms with Gasteiger partial charge in [-0.15, -0.1) is 0 Å². The van der Waals surface area contributed by atoms with Crippen molar-refractivity contribution in [3.8, 4) is 0 Å². The summed E-state index contributed by atoms with van der Waals surface area (Å²) in [4.78, 5) is 39.3. The minimum Gasteiger partial charge on any atom is -0.465 e. The fraction of sp³-hybridized carbons (Fsp3) is 0.0870. The smallest absolute Gasteiger partial charge is 0.338 e. The molecule has 144 valence electrons. The molecule has 0 N–H and O–H groups in total. The summed E-state index contributed by atoms with van der Waals surface area (Å²) in [7, 11) is 0. The molecule has 4 rings (SSSR count). The van der Waals surface area contributed by atoms with Crippen molar-refractivity contribution >= 4 is 35.1 Å². The average Bonchev–Trinajstić information content (AvgIpc) is 3.25. The molecule has 0 spiro atoms. The maximum atomic E-state index is 13.3. The number of ether oxygens (including phenoxy) is 1. The van der Waals surface area contributed by atoms with Gasteiger partial charge in [-0.1, -0.05) is 18.2 Å². The number of hydrogen-bond acceptors (Lipinski definition) is 5. The predicted molar refractivity (Wildman–Crippen MR) is 107 cm³/mol. The molecule has 6 nitrogen and oxygen atoms in total. The number of amides is 2. The van der Waals surface area contributed by atoms with Gasteiger partial charge in [0.25, 0.3) is 11.8 Å². The van der Waals surface area contributed by atoms with Gasteiger partial charge in [0.2, 0.25) is 0 Å². The Bertz CT molecular complexity index is 1110. The first kappa shape index (κ1) is 18.4. The van der Waals surface area contributed by atoms with E-state index in [0.29, 0.717) is 33.7 Å². The van der Waals surface area contributed by atoms with E-state index in [1.165, 1.54) is 18.4 Å².